The van der Waals surface area contributed by atoms with E-state index < -0.39 is 0 Å². The Morgan fingerprint density at radius 2 is 1.73 bits per heavy atom. The van der Waals surface area contributed by atoms with E-state index >= 15 is 0 Å². The first-order chi connectivity index (χ1) is 6.87. The fourth-order valence-corrected chi connectivity index (χ4v) is 2.34. The summed E-state index contributed by atoms with van der Waals surface area (Å²) in [4.78, 5) is 0. The van der Waals surface area contributed by atoms with E-state index in [2.05, 4.69) is 46.9 Å². The lowest BCUT2D eigenvalue weighted by molar-refractivity contribution is 0.244. The molecule has 0 radical (unpaired) electrons. The van der Waals surface area contributed by atoms with Crippen molar-refractivity contribution < 1.29 is 0 Å². The number of nitrogens with one attached hydrogen (secondary N) is 1. The monoisotopic (exact) mass is 213 g/mol. The maximum absolute atomic E-state index is 3.51. The van der Waals surface area contributed by atoms with E-state index in [1.54, 1.807) is 0 Å². The molecule has 1 N–H and O–H groups in total. The van der Waals surface area contributed by atoms with Crippen molar-refractivity contribution in [2.75, 3.05) is 6.54 Å². The molecule has 0 rings (SSSR count). The molecule has 0 aliphatic carbocycles. The van der Waals surface area contributed by atoms with Gasteiger partial charge < -0.3 is 5.32 Å². The fraction of sp³-hybridized carbons (Fsp3) is 1.00. The molecule has 0 aromatic carbocycles. The summed E-state index contributed by atoms with van der Waals surface area (Å²) >= 11 is 0. The maximum Gasteiger partial charge on any atom is 0.00103 e. The normalized spacial score (nSPS) is 14.6. The molecule has 1 atom stereocenters. The molecular formula is C14H31N. The third-order valence-electron chi connectivity index (χ3n) is 3.04. The van der Waals surface area contributed by atoms with Gasteiger partial charge >= 0.3 is 0 Å². The van der Waals surface area contributed by atoms with Crippen LogP contribution in [0.5, 0.6) is 0 Å². The summed E-state index contributed by atoms with van der Waals surface area (Å²) < 4.78 is 0. The van der Waals surface area contributed by atoms with Crippen molar-refractivity contribution in [3.63, 3.8) is 0 Å². The van der Waals surface area contributed by atoms with Crippen LogP contribution in [0.2, 0.25) is 0 Å². The molecule has 1 heteroatoms. The molecule has 0 amide bonds. The first-order valence-electron chi connectivity index (χ1n) is 6.60. The van der Waals surface area contributed by atoms with Crippen molar-refractivity contribution in [1.82, 2.24) is 5.32 Å². The minimum atomic E-state index is 0.497. The smallest absolute Gasteiger partial charge is 0.00103 e. The standard InChI is InChI=1S/C14H31N/c1-7-8-13(4)11-14(5,6)9-10-15-12(2)3/h12-13,15H,7-11H2,1-6H3. The van der Waals surface area contributed by atoms with Crippen molar-refractivity contribution in [2.45, 2.75) is 73.3 Å². The van der Waals surface area contributed by atoms with Crippen molar-refractivity contribution >= 4 is 0 Å². The first-order valence-corrected chi connectivity index (χ1v) is 6.60. The Hall–Kier alpha value is -0.0400. The van der Waals surface area contributed by atoms with Crippen LogP contribution in [0, 0.1) is 11.3 Å². The molecule has 1 unspecified atom stereocenters. The van der Waals surface area contributed by atoms with Crippen LogP contribution in [0.4, 0.5) is 0 Å². The van der Waals surface area contributed by atoms with Gasteiger partial charge in [0.05, 0.1) is 0 Å². The Morgan fingerprint density at radius 1 is 1.13 bits per heavy atom. The van der Waals surface area contributed by atoms with Crippen molar-refractivity contribution in [3.8, 4) is 0 Å². The minimum Gasteiger partial charge on any atom is -0.315 e. The van der Waals surface area contributed by atoms with Crippen molar-refractivity contribution in [1.29, 1.82) is 0 Å². The zero-order valence-electron chi connectivity index (χ0n) is 11.7. The number of rotatable bonds is 8. The summed E-state index contributed by atoms with van der Waals surface area (Å²) in [7, 11) is 0. The van der Waals surface area contributed by atoms with E-state index in [-0.39, 0.29) is 0 Å². The van der Waals surface area contributed by atoms with Crippen LogP contribution in [-0.2, 0) is 0 Å². The number of hydrogen-bond acceptors (Lipinski definition) is 1. The lowest BCUT2D eigenvalue weighted by Crippen LogP contribution is -2.28. The molecule has 0 aliphatic rings. The second kappa shape index (κ2) is 7.27. The molecule has 0 saturated heterocycles. The van der Waals surface area contributed by atoms with Gasteiger partial charge in [-0.1, -0.05) is 54.4 Å². The molecule has 0 heterocycles. The van der Waals surface area contributed by atoms with Gasteiger partial charge in [-0.3, -0.25) is 0 Å². The highest BCUT2D eigenvalue weighted by Gasteiger charge is 2.20. The third-order valence-corrected chi connectivity index (χ3v) is 3.04. The van der Waals surface area contributed by atoms with E-state index in [9.17, 15) is 0 Å². The SMILES string of the molecule is CCCC(C)CC(C)(C)CCNC(C)C. The topological polar surface area (TPSA) is 12.0 Å². The molecule has 0 fully saturated rings. The minimum absolute atomic E-state index is 0.497. The molecule has 0 bridgehead atoms. The van der Waals surface area contributed by atoms with Crippen LogP contribution < -0.4 is 5.32 Å². The van der Waals surface area contributed by atoms with Crippen LogP contribution in [0.3, 0.4) is 0 Å². The predicted molar refractivity (Wildman–Crippen MR) is 70.2 cm³/mol. The van der Waals surface area contributed by atoms with Gasteiger partial charge in [0.15, 0.2) is 0 Å². The van der Waals surface area contributed by atoms with Gasteiger partial charge in [-0.2, -0.15) is 0 Å². The van der Waals surface area contributed by atoms with Crippen LogP contribution in [-0.4, -0.2) is 12.6 Å². The van der Waals surface area contributed by atoms with E-state index in [1.165, 1.54) is 25.7 Å². The summed E-state index contributed by atoms with van der Waals surface area (Å²) in [5.41, 5.74) is 0.497. The Kier molecular flexibility index (Phi) is 7.25. The van der Waals surface area contributed by atoms with Crippen molar-refractivity contribution in [3.05, 3.63) is 0 Å². The van der Waals surface area contributed by atoms with E-state index in [0.717, 1.165) is 12.5 Å². The molecular weight excluding hydrogens is 182 g/mol. The van der Waals surface area contributed by atoms with Crippen LogP contribution >= 0.6 is 0 Å². The summed E-state index contributed by atoms with van der Waals surface area (Å²) in [6.45, 7) is 15.1. The predicted octanol–water partition coefficient (Wildman–Crippen LogP) is 4.23. The Morgan fingerprint density at radius 3 is 2.20 bits per heavy atom. The second-order valence-corrected chi connectivity index (χ2v) is 6.12. The first kappa shape index (κ1) is 15.0. The van der Waals surface area contributed by atoms with Crippen LogP contribution in [0.25, 0.3) is 0 Å². The Balaban J connectivity index is 3.75. The second-order valence-electron chi connectivity index (χ2n) is 6.12. The molecule has 15 heavy (non-hydrogen) atoms. The van der Waals surface area contributed by atoms with Gasteiger partial charge in [-0.05, 0) is 30.7 Å². The molecule has 0 spiro atoms. The Bertz CT molecular complexity index is 149. The van der Waals surface area contributed by atoms with E-state index in [0.29, 0.717) is 11.5 Å². The third kappa shape index (κ3) is 8.92. The van der Waals surface area contributed by atoms with Gasteiger partial charge in [0, 0.05) is 6.04 Å². The highest BCUT2D eigenvalue weighted by Crippen LogP contribution is 2.30. The average molecular weight is 213 g/mol. The van der Waals surface area contributed by atoms with Gasteiger partial charge in [-0.15, -0.1) is 0 Å². The summed E-state index contributed by atoms with van der Waals surface area (Å²) in [5.74, 6) is 0.879. The van der Waals surface area contributed by atoms with Crippen LogP contribution in [0.15, 0.2) is 0 Å². The zero-order chi connectivity index (χ0) is 11.9. The largest absolute Gasteiger partial charge is 0.315 e. The maximum atomic E-state index is 3.51. The van der Waals surface area contributed by atoms with Gasteiger partial charge in [0.2, 0.25) is 0 Å². The summed E-state index contributed by atoms with van der Waals surface area (Å²) in [6.07, 6.45) is 5.35. The summed E-state index contributed by atoms with van der Waals surface area (Å²) in [6, 6.07) is 0.619. The van der Waals surface area contributed by atoms with E-state index in [1.807, 2.05) is 0 Å². The van der Waals surface area contributed by atoms with E-state index in [4.69, 9.17) is 0 Å². The molecule has 0 saturated carbocycles. The highest BCUT2D eigenvalue weighted by molar-refractivity contribution is 4.73. The lowest BCUT2D eigenvalue weighted by Gasteiger charge is -2.28. The molecule has 0 aliphatic heterocycles. The highest BCUT2D eigenvalue weighted by atomic mass is 14.9. The molecule has 1 nitrogen and oxygen atoms in total. The summed E-state index contributed by atoms with van der Waals surface area (Å²) in [5, 5.41) is 3.51. The van der Waals surface area contributed by atoms with Crippen LogP contribution in [0.1, 0.15) is 67.2 Å². The van der Waals surface area contributed by atoms with Gasteiger partial charge in [-0.25, -0.2) is 0 Å². The quantitative estimate of drug-likeness (QED) is 0.636. The zero-order valence-corrected chi connectivity index (χ0v) is 11.7. The average Bonchev–Trinajstić information content (AvgIpc) is 2.01. The molecule has 0 aromatic rings. The molecule has 0 aromatic heterocycles. The van der Waals surface area contributed by atoms with Crippen molar-refractivity contribution in [2.24, 2.45) is 11.3 Å². The lowest BCUT2D eigenvalue weighted by atomic mass is 9.79. The van der Waals surface area contributed by atoms with Gasteiger partial charge in [0.25, 0.3) is 0 Å². The fourth-order valence-electron chi connectivity index (χ4n) is 2.34. The Labute approximate surface area is 97.0 Å². The molecule has 92 valence electrons. The number of hydrogen-bond donors (Lipinski definition) is 1. The van der Waals surface area contributed by atoms with Gasteiger partial charge in [0.1, 0.15) is 0 Å².